The van der Waals surface area contributed by atoms with E-state index < -0.39 is 17.0 Å². The van der Waals surface area contributed by atoms with Crippen molar-refractivity contribution in [3.05, 3.63) is 81.2 Å². The number of aromatic nitrogens is 1. The van der Waals surface area contributed by atoms with Crippen molar-refractivity contribution in [2.45, 2.75) is 6.17 Å². The van der Waals surface area contributed by atoms with Crippen LogP contribution < -0.4 is 10.2 Å². The van der Waals surface area contributed by atoms with E-state index in [1.807, 2.05) is 0 Å². The van der Waals surface area contributed by atoms with Crippen LogP contribution in [-0.2, 0) is 0 Å². The maximum atomic E-state index is 13.1. The van der Waals surface area contributed by atoms with Crippen LogP contribution in [-0.4, -0.2) is 15.8 Å². The topological polar surface area (TPSA) is 102 Å². The summed E-state index contributed by atoms with van der Waals surface area (Å²) in [5.74, 6) is -0.155. The van der Waals surface area contributed by atoms with Gasteiger partial charge in [-0.3, -0.25) is 19.8 Å². The highest BCUT2D eigenvalue weighted by molar-refractivity contribution is 6.30. The van der Waals surface area contributed by atoms with Gasteiger partial charge in [0.1, 0.15) is 10.7 Å². The molecule has 1 aliphatic rings. The van der Waals surface area contributed by atoms with E-state index in [-0.39, 0.29) is 11.7 Å². The van der Waals surface area contributed by atoms with Gasteiger partial charge in [0.15, 0.2) is 11.9 Å². The number of rotatable bonds is 3. The Morgan fingerprint density at radius 2 is 2.00 bits per heavy atom. The van der Waals surface area contributed by atoms with E-state index in [2.05, 4.69) is 10.3 Å². The van der Waals surface area contributed by atoms with E-state index in [0.717, 1.165) is 0 Å². The first kappa shape index (κ1) is 16.1. The Morgan fingerprint density at radius 3 is 2.69 bits per heavy atom. The lowest BCUT2D eigenvalue weighted by atomic mass is 10.1. The van der Waals surface area contributed by atoms with Crippen LogP contribution in [0.2, 0.25) is 5.02 Å². The highest BCUT2D eigenvalue weighted by Gasteiger charge is 2.37. The molecule has 0 fully saturated rings. The third-order valence-corrected chi connectivity index (χ3v) is 4.17. The molecule has 1 aliphatic heterocycles. The summed E-state index contributed by atoms with van der Waals surface area (Å²) >= 11 is 5.88. The number of furan rings is 1. The maximum absolute atomic E-state index is 13.1. The van der Waals surface area contributed by atoms with E-state index in [4.69, 9.17) is 16.0 Å². The Labute approximate surface area is 152 Å². The summed E-state index contributed by atoms with van der Waals surface area (Å²) in [6, 6.07) is 12.9. The van der Waals surface area contributed by atoms with Gasteiger partial charge in [0.25, 0.3) is 5.91 Å². The molecule has 0 radical (unpaired) electrons. The molecule has 9 heteroatoms. The lowest BCUT2D eigenvalue weighted by molar-refractivity contribution is -0.402. The first-order chi connectivity index (χ1) is 12.5. The number of fused-ring (bicyclic) bond motifs is 1. The summed E-state index contributed by atoms with van der Waals surface area (Å²) in [6.45, 7) is 0. The number of nitrogens with one attached hydrogen (secondary N) is 1. The van der Waals surface area contributed by atoms with Crippen LogP contribution >= 0.6 is 11.6 Å². The number of carbonyl (C=O) groups is 1. The van der Waals surface area contributed by atoms with Gasteiger partial charge in [-0.25, -0.2) is 4.98 Å². The molecule has 3 aromatic rings. The molecule has 4 rings (SSSR count). The zero-order valence-corrected chi connectivity index (χ0v) is 13.9. The van der Waals surface area contributed by atoms with Crippen LogP contribution in [0, 0.1) is 10.1 Å². The van der Waals surface area contributed by atoms with Crippen molar-refractivity contribution in [1.29, 1.82) is 0 Å². The second kappa shape index (κ2) is 6.16. The molecule has 8 nitrogen and oxygen atoms in total. The molecule has 0 spiro atoms. The van der Waals surface area contributed by atoms with Crippen LogP contribution in [0.25, 0.3) is 0 Å². The first-order valence-corrected chi connectivity index (χ1v) is 7.97. The first-order valence-electron chi connectivity index (χ1n) is 7.59. The summed E-state index contributed by atoms with van der Waals surface area (Å²) < 4.78 is 5.31. The monoisotopic (exact) mass is 370 g/mol. The zero-order chi connectivity index (χ0) is 18.3. The molecule has 1 atom stereocenters. The average Bonchev–Trinajstić information content (AvgIpc) is 3.13. The number of para-hydroxylation sites is 1. The minimum Gasteiger partial charge on any atom is -0.402 e. The maximum Gasteiger partial charge on any atom is 0.433 e. The number of halogens is 1. The van der Waals surface area contributed by atoms with Crippen molar-refractivity contribution in [2.24, 2.45) is 0 Å². The Morgan fingerprint density at radius 1 is 1.19 bits per heavy atom. The molecule has 3 heterocycles. The molecule has 130 valence electrons. The van der Waals surface area contributed by atoms with E-state index >= 15 is 0 Å². The molecule has 26 heavy (non-hydrogen) atoms. The second-order valence-electron chi connectivity index (χ2n) is 5.54. The van der Waals surface area contributed by atoms with Gasteiger partial charge < -0.3 is 9.73 Å². The number of hydrogen-bond donors (Lipinski definition) is 1. The van der Waals surface area contributed by atoms with Gasteiger partial charge in [0.2, 0.25) is 0 Å². The molecular weight excluding hydrogens is 360 g/mol. The Bertz CT molecular complexity index is 1000. The molecule has 1 aromatic carbocycles. The van der Waals surface area contributed by atoms with Gasteiger partial charge in [0.05, 0.1) is 16.7 Å². The summed E-state index contributed by atoms with van der Waals surface area (Å²) in [5, 5.41) is 14.5. The molecule has 2 aromatic heterocycles. The number of pyridine rings is 1. The van der Waals surface area contributed by atoms with Crippen molar-refractivity contribution >= 4 is 34.9 Å². The second-order valence-corrected chi connectivity index (χ2v) is 5.97. The summed E-state index contributed by atoms with van der Waals surface area (Å²) in [4.78, 5) is 28.9. The van der Waals surface area contributed by atoms with Crippen molar-refractivity contribution in [2.75, 3.05) is 10.2 Å². The number of nitro groups is 1. The lowest BCUT2D eigenvalue weighted by Gasteiger charge is -2.35. The Balaban J connectivity index is 1.84. The Hall–Kier alpha value is -3.39. The van der Waals surface area contributed by atoms with Gasteiger partial charge in [-0.05, 0) is 30.3 Å². The number of benzene rings is 1. The van der Waals surface area contributed by atoms with Crippen LogP contribution in [0.3, 0.4) is 0 Å². The van der Waals surface area contributed by atoms with Gasteiger partial charge >= 0.3 is 5.88 Å². The molecule has 1 amide bonds. The minimum atomic E-state index is -0.792. The van der Waals surface area contributed by atoms with Crippen molar-refractivity contribution in [1.82, 2.24) is 4.98 Å². The van der Waals surface area contributed by atoms with Crippen LogP contribution in [0.4, 0.5) is 17.4 Å². The fraction of sp³-hybridized carbons (Fsp3) is 0.0588. The van der Waals surface area contributed by atoms with Crippen molar-refractivity contribution in [3.63, 3.8) is 0 Å². The summed E-state index contributed by atoms with van der Waals surface area (Å²) in [6.07, 6.45) is 0.631. The minimum absolute atomic E-state index is 0.219. The predicted octanol–water partition coefficient (Wildman–Crippen LogP) is 4.01. The fourth-order valence-electron chi connectivity index (χ4n) is 2.79. The Kier molecular flexibility index (Phi) is 3.81. The fourth-order valence-corrected chi connectivity index (χ4v) is 2.90. The summed E-state index contributed by atoms with van der Waals surface area (Å²) in [5.41, 5.74) is 1.06. The highest BCUT2D eigenvalue weighted by Crippen LogP contribution is 2.37. The lowest BCUT2D eigenvalue weighted by Crippen LogP contribution is -2.43. The highest BCUT2D eigenvalue weighted by atomic mass is 35.5. The van der Waals surface area contributed by atoms with Crippen LogP contribution in [0.15, 0.2) is 59.1 Å². The van der Waals surface area contributed by atoms with Gasteiger partial charge in [-0.2, -0.15) is 0 Å². The summed E-state index contributed by atoms with van der Waals surface area (Å²) in [7, 11) is 0. The average molecular weight is 371 g/mol. The molecule has 0 saturated carbocycles. The van der Waals surface area contributed by atoms with E-state index in [0.29, 0.717) is 22.1 Å². The smallest absolute Gasteiger partial charge is 0.402 e. The third-order valence-electron chi connectivity index (χ3n) is 3.95. The third kappa shape index (κ3) is 2.66. The van der Waals surface area contributed by atoms with Gasteiger partial charge in [-0.1, -0.05) is 23.7 Å². The predicted molar refractivity (Wildman–Crippen MR) is 94.2 cm³/mol. The molecule has 1 N–H and O–H groups in total. The van der Waals surface area contributed by atoms with Crippen molar-refractivity contribution < 1.29 is 14.1 Å². The van der Waals surface area contributed by atoms with Crippen LogP contribution in [0.5, 0.6) is 0 Å². The van der Waals surface area contributed by atoms with E-state index in [1.165, 1.54) is 23.2 Å². The zero-order valence-electron chi connectivity index (χ0n) is 13.1. The number of carbonyl (C=O) groups excluding carboxylic acids is 1. The SMILES string of the molecule is O=C1c2ccccc2N[C@H](c2ccc([N+](=O)[O-])o2)N1c1ccc(Cl)cn1. The number of nitrogens with zero attached hydrogens (tertiary/aromatic N) is 3. The van der Waals surface area contributed by atoms with E-state index in [9.17, 15) is 14.9 Å². The van der Waals surface area contributed by atoms with Crippen molar-refractivity contribution in [3.8, 4) is 0 Å². The molecule has 0 unspecified atom stereocenters. The quantitative estimate of drug-likeness (QED) is 0.552. The normalized spacial score (nSPS) is 16.1. The molecular formula is C17H11ClN4O4. The van der Waals surface area contributed by atoms with Gasteiger partial charge in [-0.15, -0.1) is 0 Å². The standard InChI is InChI=1S/C17H11ClN4O4/c18-10-5-7-14(19-9-10)21-16(13-6-8-15(26-13)22(24)25)20-12-4-2-1-3-11(12)17(21)23/h1-9,16,20H/t16-/m0/s1. The van der Waals surface area contributed by atoms with E-state index in [1.54, 1.807) is 36.4 Å². The number of hydrogen-bond acceptors (Lipinski definition) is 6. The number of anilines is 2. The largest absolute Gasteiger partial charge is 0.433 e. The van der Waals surface area contributed by atoms with Crippen LogP contribution in [0.1, 0.15) is 22.3 Å². The van der Waals surface area contributed by atoms with Gasteiger partial charge in [0, 0.05) is 11.9 Å². The molecule has 0 aliphatic carbocycles. The molecule has 0 bridgehead atoms. The number of amides is 1. The molecule has 0 saturated heterocycles.